The van der Waals surface area contributed by atoms with Gasteiger partial charge < -0.3 is 5.32 Å². The molecule has 5 rings (SSSR count). The minimum atomic E-state index is -0.00937. The van der Waals surface area contributed by atoms with E-state index in [9.17, 15) is 4.79 Å². The molecular weight excluding hydrogens is 338 g/mol. The van der Waals surface area contributed by atoms with Crippen LogP contribution in [0.15, 0.2) is 24.8 Å². The average Bonchev–Trinajstić information content (AvgIpc) is 3.38. The minimum Gasteiger partial charge on any atom is -0.349 e. The third kappa shape index (κ3) is 2.91. The molecule has 0 aliphatic heterocycles. The molecule has 1 spiro atoms. The van der Waals surface area contributed by atoms with E-state index in [2.05, 4.69) is 34.1 Å². The molecule has 27 heavy (non-hydrogen) atoms. The Morgan fingerprint density at radius 3 is 2.67 bits per heavy atom. The van der Waals surface area contributed by atoms with Gasteiger partial charge >= 0.3 is 0 Å². The molecular formula is C21H25N5O. The Balaban J connectivity index is 1.42. The van der Waals surface area contributed by atoms with Crippen LogP contribution in [0.3, 0.4) is 0 Å². The lowest BCUT2D eigenvalue weighted by atomic mass is 9.74. The molecule has 140 valence electrons. The lowest BCUT2D eigenvalue weighted by molar-refractivity contribution is -0.124. The van der Waals surface area contributed by atoms with E-state index in [4.69, 9.17) is 4.98 Å². The predicted molar refractivity (Wildman–Crippen MR) is 100 cm³/mol. The van der Waals surface area contributed by atoms with Crippen LogP contribution in [0.1, 0.15) is 63.3 Å². The SMILES string of the molecule is CC1(C)Cc2nc(-c3cnccn3)ncc2[C@@H](NC(=O)[C@H]2CC23CCC3)C1. The summed E-state index contributed by atoms with van der Waals surface area (Å²) in [6, 6.07) is -0.00937. The van der Waals surface area contributed by atoms with Crippen LogP contribution in [-0.4, -0.2) is 25.8 Å². The summed E-state index contributed by atoms with van der Waals surface area (Å²) in [4.78, 5) is 30.5. The lowest BCUT2D eigenvalue weighted by Crippen LogP contribution is -2.39. The second kappa shape index (κ2) is 5.81. The summed E-state index contributed by atoms with van der Waals surface area (Å²) in [5.41, 5.74) is 3.18. The molecule has 0 unspecified atom stereocenters. The van der Waals surface area contributed by atoms with Crippen LogP contribution in [0.5, 0.6) is 0 Å². The van der Waals surface area contributed by atoms with Gasteiger partial charge in [0.05, 0.1) is 17.9 Å². The van der Waals surface area contributed by atoms with Gasteiger partial charge in [0.1, 0.15) is 5.69 Å². The zero-order valence-corrected chi connectivity index (χ0v) is 15.9. The molecule has 2 saturated carbocycles. The van der Waals surface area contributed by atoms with Gasteiger partial charge in [0.15, 0.2) is 5.82 Å². The first-order chi connectivity index (χ1) is 13.0. The van der Waals surface area contributed by atoms with Gasteiger partial charge in [-0.3, -0.25) is 9.78 Å². The molecule has 2 heterocycles. The summed E-state index contributed by atoms with van der Waals surface area (Å²) in [6.45, 7) is 4.48. The smallest absolute Gasteiger partial charge is 0.224 e. The van der Waals surface area contributed by atoms with Crippen molar-refractivity contribution in [3.8, 4) is 11.5 Å². The number of hydrogen-bond acceptors (Lipinski definition) is 5. The van der Waals surface area contributed by atoms with E-state index in [1.165, 1.54) is 19.3 Å². The molecule has 0 aromatic carbocycles. The standard InChI is InChI=1S/C21H25N5O/c1-20(2)9-15-13(11-24-18(25-15)17-12-22-6-7-23-17)16(10-20)26-19(27)14-8-21(14)4-3-5-21/h6-7,11-12,14,16H,3-5,8-10H2,1-2H3,(H,26,27)/t14-,16+/m1/s1. The largest absolute Gasteiger partial charge is 0.349 e. The van der Waals surface area contributed by atoms with Gasteiger partial charge in [0.25, 0.3) is 0 Å². The molecule has 3 aliphatic carbocycles. The maximum absolute atomic E-state index is 12.8. The molecule has 0 saturated heterocycles. The number of carbonyl (C=O) groups is 1. The van der Waals surface area contributed by atoms with Crippen molar-refractivity contribution in [2.24, 2.45) is 16.7 Å². The number of nitrogens with zero attached hydrogens (tertiary/aromatic N) is 4. The van der Waals surface area contributed by atoms with Crippen molar-refractivity contribution in [1.82, 2.24) is 25.3 Å². The Morgan fingerprint density at radius 1 is 1.15 bits per heavy atom. The number of carbonyl (C=O) groups excluding carboxylic acids is 1. The third-order valence-corrected chi connectivity index (χ3v) is 6.64. The zero-order chi connectivity index (χ0) is 18.6. The van der Waals surface area contributed by atoms with Crippen LogP contribution < -0.4 is 5.32 Å². The van der Waals surface area contributed by atoms with Crippen molar-refractivity contribution in [3.63, 3.8) is 0 Å². The lowest BCUT2D eigenvalue weighted by Gasteiger charge is -2.37. The van der Waals surface area contributed by atoms with E-state index >= 15 is 0 Å². The molecule has 0 bridgehead atoms. The van der Waals surface area contributed by atoms with E-state index < -0.39 is 0 Å². The van der Waals surface area contributed by atoms with Gasteiger partial charge in [-0.1, -0.05) is 20.3 Å². The molecule has 3 aliphatic rings. The Labute approximate surface area is 159 Å². The average molecular weight is 363 g/mol. The highest BCUT2D eigenvalue weighted by Gasteiger charge is 2.61. The van der Waals surface area contributed by atoms with Gasteiger partial charge in [0.2, 0.25) is 5.91 Å². The molecule has 1 N–H and O–H groups in total. The maximum atomic E-state index is 12.8. The quantitative estimate of drug-likeness (QED) is 0.905. The Bertz CT molecular complexity index is 891. The molecule has 2 atom stereocenters. The molecule has 0 radical (unpaired) electrons. The van der Waals surface area contributed by atoms with Gasteiger partial charge in [-0.25, -0.2) is 15.0 Å². The van der Waals surface area contributed by atoms with Crippen LogP contribution in [0, 0.1) is 16.7 Å². The second-order valence-electron chi connectivity index (χ2n) is 9.27. The van der Waals surface area contributed by atoms with Gasteiger partial charge in [-0.15, -0.1) is 0 Å². The molecule has 2 fully saturated rings. The second-order valence-corrected chi connectivity index (χ2v) is 9.27. The Kier molecular flexibility index (Phi) is 3.61. The van der Waals surface area contributed by atoms with E-state index in [1.54, 1.807) is 18.6 Å². The highest BCUT2D eigenvalue weighted by molar-refractivity contribution is 5.83. The van der Waals surface area contributed by atoms with Gasteiger partial charge in [-0.2, -0.15) is 0 Å². The van der Waals surface area contributed by atoms with Crippen molar-refractivity contribution in [2.75, 3.05) is 0 Å². The number of hydrogen-bond donors (Lipinski definition) is 1. The van der Waals surface area contributed by atoms with Crippen molar-refractivity contribution in [2.45, 2.75) is 58.4 Å². The van der Waals surface area contributed by atoms with Crippen molar-refractivity contribution < 1.29 is 4.79 Å². The molecule has 2 aromatic heterocycles. The summed E-state index contributed by atoms with van der Waals surface area (Å²) < 4.78 is 0. The first-order valence-electron chi connectivity index (χ1n) is 9.88. The van der Waals surface area contributed by atoms with Crippen LogP contribution in [-0.2, 0) is 11.2 Å². The summed E-state index contributed by atoms with van der Waals surface area (Å²) >= 11 is 0. The monoisotopic (exact) mass is 363 g/mol. The highest BCUT2D eigenvalue weighted by Crippen LogP contribution is 2.65. The Morgan fingerprint density at radius 2 is 2.00 bits per heavy atom. The first kappa shape index (κ1) is 16.8. The fraction of sp³-hybridized carbons (Fsp3) is 0.571. The number of amides is 1. The number of fused-ring (bicyclic) bond motifs is 1. The van der Waals surface area contributed by atoms with E-state index in [0.29, 0.717) is 16.9 Å². The minimum absolute atomic E-state index is 0.00937. The maximum Gasteiger partial charge on any atom is 0.224 e. The van der Waals surface area contributed by atoms with Crippen molar-refractivity contribution in [1.29, 1.82) is 0 Å². The van der Waals surface area contributed by atoms with Crippen molar-refractivity contribution in [3.05, 3.63) is 36.0 Å². The predicted octanol–water partition coefficient (Wildman–Crippen LogP) is 3.25. The normalized spacial score (nSPS) is 26.7. The number of rotatable bonds is 3. The Hall–Kier alpha value is -2.37. The summed E-state index contributed by atoms with van der Waals surface area (Å²) in [7, 11) is 0. The van der Waals surface area contributed by atoms with Crippen LogP contribution in [0.4, 0.5) is 0 Å². The topological polar surface area (TPSA) is 80.7 Å². The molecule has 6 nitrogen and oxygen atoms in total. The zero-order valence-electron chi connectivity index (χ0n) is 15.9. The van der Waals surface area contributed by atoms with E-state index in [1.807, 2.05) is 6.20 Å². The van der Waals surface area contributed by atoms with Crippen molar-refractivity contribution >= 4 is 5.91 Å². The van der Waals surface area contributed by atoms with Crippen LogP contribution in [0.25, 0.3) is 11.5 Å². The number of aromatic nitrogens is 4. The third-order valence-electron chi connectivity index (χ3n) is 6.64. The first-order valence-corrected chi connectivity index (χ1v) is 9.88. The summed E-state index contributed by atoms with van der Waals surface area (Å²) in [5, 5.41) is 3.33. The van der Waals surface area contributed by atoms with Gasteiger partial charge in [-0.05, 0) is 42.9 Å². The highest BCUT2D eigenvalue weighted by atomic mass is 16.2. The summed E-state index contributed by atoms with van der Waals surface area (Å²) in [6.07, 6.45) is 13.4. The van der Waals surface area contributed by atoms with E-state index in [-0.39, 0.29) is 23.3 Å². The van der Waals surface area contributed by atoms with E-state index in [0.717, 1.165) is 30.5 Å². The molecule has 6 heteroatoms. The summed E-state index contributed by atoms with van der Waals surface area (Å²) in [5.74, 6) is 1.04. The van der Waals surface area contributed by atoms with Crippen LogP contribution in [0.2, 0.25) is 0 Å². The van der Waals surface area contributed by atoms with Gasteiger partial charge in [0, 0.05) is 30.1 Å². The molecule has 1 amide bonds. The molecule has 2 aromatic rings. The fourth-order valence-electron chi connectivity index (χ4n) is 4.89. The van der Waals surface area contributed by atoms with Crippen LogP contribution >= 0.6 is 0 Å². The fourth-order valence-corrected chi connectivity index (χ4v) is 4.89. The number of nitrogens with one attached hydrogen (secondary N) is 1.